The van der Waals surface area contributed by atoms with Gasteiger partial charge in [-0.05, 0) is 19.8 Å². The molecule has 2 amide bonds. The lowest BCUT2D eigenvalue weighted by molar-refractivity contribution is -0.143. The summed E-state index contributed by atoms with van der Waals surface area (Å²) < 4.78 is 0. The topological polar surface area (TPSA) is 206 Å². The van der Waals surface area contributed by atoms with Crippen LogP contribution in [0.2, 0.25) is 0 Å². The molecule has 0 bridgehead atoms. The van der Waals surface area contributed by atoms with Crippen LogP contribution in [0.3, 0.4) is 0 Å². The molecule has 132 valence electrons. The SMILES string of the molecule is C[C@@H](NC(=O)[C@@H](N)CCCN=C(N)N)C(=O)N[C@@H](CO)C(=O)O. The van der Waals surface area contributed by atoms with E-state index in [1.165, 1.54) is 6.92 Å². The number of carboxylic acids is 1. The number of nitrogens with one attached hydrogen (secondary N) is 2. The summed E-state index contributed by atoms with van der Waals surface area (Å²) in [4.78, 5) is 38.0. The summed E-state index contributed by atoms with van der Waals surface area (Å²) in [6.07, 6.45) is 0.796. The summed E-state index contributed by atoms with van der Waals surface area (Å²) >= 11 is 0. The summed E-state index contributed by atoms with van der Waals surface area (Å²) in [6.45, 7) is 0.942. The Morgan fingerprint density at radius 2 is 1.78 bits per heavy atom. The molecule has 0 aliphatic carbocycles. The molecule has 0 rings (SSSR count). The van der Waals surface area contributed by atoms with Crippen molar-refractivity contribution in [3.8, 4) is 0 Å². The molecule has 0 saturated carbocycles. The van der Waals surface area contributed by atoms with Crippen LogP contribution in [0.5, 0.6) is 0 Å². The highest BCUT2D eigenvalue weighted by molar-refractivity contribution is 5.91. The molecule has 0 saturated heterocycles. The monoisotopic (exact) mass is 332 g/mol. The molecule has 0 aliphatic heterocycles. The Morgan fingerprint density at radius 1 is 1.17 bits per heavy atom. The highest BCUT2D eigenvalue weighted by Crippen LogP contribution is 1.97. The Kier molecular flexibility index (Phi) is 9.27. The number of aliphatic carboxylic acids is 1. The molecular formula is C12H24N6O5. The van der Waals surface area contributed by atoms with Gasteiger partial charge in [0.2, 0.25) is 11.8 Å². The molecule has 0 spiro atoms. The summed E-state index contributed by atoms with van der Waals surface area (Å²) in [5.74, 6) is -2.73. The van der Waals surface area contributed by atoms with Crippen LogP contribution in [-0.4, -0.2) is 65.2 Å². The van der Waals surface area contributed by atoms with E-state index >= 15 is 0 Å². The fourth-order valence-corrected chi connectivity index (χ4v) is 1.52. The second-order valence-electron chi connectivity index (χ2n) is 4.87. The molecule has 0 aliphatic rings. The highest BCUT2D eigenvalue weighted by Gasteiger charge is 2.24. The number of aliphatic hydroxyl groups excluding tert-OH is 1. The Bertz CT molecular complexity index is 451. The summed E-state index contributed by atoms with van der Waals surface area (Å²) in [5.41, 5.74) is 16.0. The van der Waals surface area contributed by atoms with Crippen LogP contribution in [0.4, 0.5) is 0 Å². The molecule has 0 heterocycles. The Morgan fingerprint density at radius 3 is 2.26 bits per heavy atom. The van der Waals surface area contributed by atoms with Crippen molar-refractivity contribution in [2.45, 2.75) is 37.9 Å². The second-order valence-corrected chi connectivity index (χ2v) is 4.87. The number of amides is 2. The van der Waals surface area contributed by atoms with Crippen molar-refractivity contribution in [2.75, 3.05) is 13.2 Å². The largest absolute Gasteiger partial charge is 0.480 e. The number of carboxylic acid groups (broad SMARTS) is 1. The van der Waals surface area contributed by atoms with Gasteiger partial charge < -0.3 is 38.0 Å². The minimum Gasteiger partial charge on any atom is -0.480 e. The van der Waals surface area contributed by atoms with Gasteiger partial charge in [0.15, 0.2) is 5.96 Å². The standard InChI is InChI=1S/C12H24N6O5/c1-6(9(20)18-8(5-19)11(22)23)17-10(21)7(13)3-2-4-16-12(14)15/h6-8,19H,2-5,13H2,1H3,(H,17,21)(H,18,20)(H,22,23)(H4,14,15,16)/t6-,7+,8+/m1/s1. The molecule has 0 aromatic rings. The fourth-order valence-electron chi connectivity index (χ4n) is 1.52. The number of hydrogen-bond acceptors (Lipinski definition) is 6. The third-order valence-electron chi connectivity index (χ3n) is 2.85. The maximum absolute atomic E-state index is 11.8. The van der Waals surface area contributed by atoms with Crippen LogP contribution in [0, 0.1) is 0 Å². The number of carbonyl (C=O) groups is 3. The van der Waals surface area contributed by atoms with Crippen LogP contribution in [-0.2, 0) is 14.4 Å². The van der Waals surface area contributed by atoms with E-state index in [9.17, 15) is 14.4 Å². The van der Waals surface area contributed by atoms with Gasteiger partial charge in [0, 0.05) is 6.54 Å². The Hall–Kier alpha value is -2.40. The van der Waals surface area contributed by atoms with Gasteiger partial charge in [0.25, 0.3) is 0 Å². The molecule has 0 fully saturated rings. The van der Waals surface area contributed by atoms with Crippen LogP contribution in [0.15, 0.2) is 4.99 Å². The van der Waals surface area contributed by atoms with Crippen molar-refractivity contribution in [2.24, 2.45) is 22.2 Å². The first kappa shape index (κ1) is 20.6. The van der Waals surface area contributed by atoms with E-state index < -0.39 is 42.5 Å². The molecule has 11 nitrogen and oxygen atoms in total. The molecular weight excluding hydrogens is 308 g/mol. The maximum atomic E-state index is 11.8. The first-order valence-electron chi connectivity index (χ1n) is 6.94. The minimum atomic E-state index is -1.44. The Balaban J connectivity index is 4.28. The first-order chi connectivity index (χ1) is 10.7. The van der Waals surface area contributed by atoms with Gasteiger partial charge in [0.05, 0.1) is 12.6 Å². The van der Waals surface area contributed by atoms with E-state index in [0.717, 1.165) is 0 Å². The normalized spacial score (nSPS) is 14.2. The third kappa shape index (κ3) is 8.58. The zero-order chi connectivity index (χ0) is 18.0. The lowest BCUT2D eigenvalue weighted by Gasteiger charge is -2.19. The van der Waals surface area contributed by atoms with Gasteiger partial charge >= 0.3 is 5.97 Å². The quantitative estimate of drug-likeness (QED) is 0.121. The molecule has 11 heteroatoms. The minimum absolute atomic E-state index is 0.0508. The van der Waals surface area contributed by atoms with Gasteiger partial charge in [0.1, 0.15) is 12.1 Å². The number of hydrogen-bond donors (Lipinski definition) is 7. The van der Waals surface area contributed by atoms with E-state index in [1.807, 2.05) is 0 Å². The van der Waals surface area contributed by atoms with E-state index in [2.05, 4.69) is 15.6 Å². The summed E-state index contributed by atoms with van der Waals surface area (Å²) in [6, 6.07) is -3.29. The number of carbonyl (C=O) groups excluding carboxylic acids is 2. The number of nitrogens with zero attached hydrogens (tertiary/aromatic N) is 1. The second kappa shape index (κ2) is 10.3. The zero-order valence-electron chi connectivity index (χ0n) is 12.9. The molecule has 0 radical (unpaired) electrons. The van der Waals surface area contributed by atoms with E-state index in [-0.39, 0.29) is 5.96 Å². The van der Waals surface area contributed by atoms with E-state index in [0.29, 0.717) is 19.4 Å². The number of rotatable bonds is 10. The van der Waals surface area contributed by atoms with Gasteiger partial charge in [-0.1, -0.05) is 0 Å². The lowest BCUT2D eigenvalue weighted by Crippen LogP contribution is -2.54. The van der Waals surface area contributed by atoms with Crippen LogP contribution in [0.25, 0.3) is 0 Å². The van der Waals surface area contributed by atoms with Crippen LogP contribution in [0.1, 0.15) is 19.8 Å². The van der Waals surface area contributed by atoms with Crippen molar-refractivity contribution in [1.29, 1.82) is 0 Å². The van der Waals surface area contributed by atoms with Gasteiger partial charge in [-0.2, -0.15) is 0 Å². The molecule has 0 aromatic heterocycles. The third-order valence-corrected chi connectivity index (χ3v) is 2.85. The Labute approximate surface area is 133 Å². The summed E-state index contributed by atoms with van der Waals surface area (Å²) in [7, 11) is 0. The van der Waals surface area contributed by atoms with Gasteiger partial charge in [-0.25, -0.2) is 4.79 Å². The van der Waals surface area contributed by atoms with Crippen molar-refractivity contribution in [3.63, 3.8) is 0 Å². The first-order valence-corrected chi connectivity index (χ1v) is 6.94. The highest BCUT2D eigenvalue weighted by atomic mass is 16.4. The maximum Gasteiger partial charge on any atom is 0.328 e. The van der Waals surface area contributed by atoms with Gasteiger partial charge in [-0.15, -0.1) is 0 Å². The predicted octanol–water partition coefficient (Wildman–Crippen LogP) is -3.57. The number of guanidine groups is 1. The zero-order valence-corrected chi connectivity index (χ0v) is 12.9. The molecule has 0 aromatic carbocycles. The number of aliphatic imine (C=N–C) groups is 1. The predicted molar refractivity (Wildman–Crippen MR) is 82.1 cm³/mol. The molecule has 0 unspecified atom stereocenters. The van der Waals surface area contributed by atoms with E-state index in [4.69, 9.17) is 27.4 Å². The number of nitrogens with two attached hydrogens (primary N) is 3. The summed E-state index contributed by atoms with van der Waals surface area (Å²) in [5, 5.41) is 22.0. The average molecular weight is 332 g/mol. The molecule has 10 N–H and O–H groups in total. The van der Waals surface area contributed by atoms with Crippen molar-refractivity contribution >= 4 is 23.7 Å². The van der Waals surface area contributed by atoms with Crippen LogP contribution < -0.4 is 27.8 Å². The average Bonchev–Trinajstić information content (AvgIpc) is 2.47. The van der Waals surface area contributed by atoms with Crippen LogP contribution >= 0.6 is 0 Å². The number of aliphatic hydroxyl groups is 1. The smallest absolute Gasteiger partial charge is 0.328 e. The van der Waals surface area contributed by atoms with Crippen molar-refractivity contribution < 1.29 is 24.6 Å². The van der Waals surface area contributed by atoms with Gasteiger partial charge in [-0.3, -0.25) is 14.6 Å². The lowest BCUT2D eigenvalue weighted by atomic mass is 10.1. The van der Waals surface area contributed by atoms with Crippen molar-refractivity contribution in [1.82, 2.24) is 10.6 Å². The molecule has 23 heavy (non-hydrogen) atoms. The van der Waals surface area contributed by atoms with Crippen molar-refractivity contribution in [3.05, 3.63) is 0 Å². The molecule has 3 atom stereocenters. The fraction of sp³-hybridized carbons (Fsp3) is 0.667. The van der Waals surface area contributed by atoms with E-state index in [1.54, 1.807) is 0 Å².